The summed E-state index contributed by atoms with van der Waals surface area (Å²) in [6.07, 6.45) is 0.334. The number of thioether (sulfide) groups is 1. The maximum Gasteiger partial charge on any atom is 0.235 e. The molecular formula is C16H18N4OS3. The SMILES string of the molecule is Cc1ccccc1-n1nc(S[C@@H](C)C(=O)N(C)CCC#N)sc1=S. The number of para-hydroxylation sites is 1. The highest BCUT2D eigenvalue weighted by Gasteiger charge is 2.20. The van der Waals surface area contributed by atoms with Crippen LogP contribution in [0.25, 0.3) is 5.69 Å². The number of amides is 1. The molecule has 2 rings (SSSR count). The van der Waals surface area contributed by atoms with Gasteiger partial charge in [-0.15, -0.1) is 5.10 Å². The summed E-state index contributed by atoms with van der Waals surface area (Å²) in [5.41, 5.74) is 2.05. The number of nitrogens with zero attached hydrogens (tertiary/aromatic N) is 4. The van der Waals surface area contributed by atoms with Crippen molar-refractivity contribution in [2.75, 3.05) is 13.6 Å². The predicted molar refractivity (Wildman–Crippen MR) is 100 cm³/mol. The van der Waals surface area contributed by atoms with E-state index in [9.17, 15) is 4.79 Å². The molecule has 1 atom stereocenters. The number of hydrogen-bond acceptors (Lipinski definition) is 6. The van der Waals surface area contributed by atoms with Crippen molar-refractivity contribution >= 4 is 41.2 Å². The Kier molecular flexibility index (Phi) is 6.54. The zero-order valence-electron chi connectivity index (χ0n) is 13.7. The van der Waals surface area contributed by atoms with Gasteiger partial charge in [0.1, 0.15) is 0 Å². The van der Waals surface area contributed by atoms with Crippen LogP contribution in [0.1, 0.15) is 18.9 Å². The van der Waals surface area contributed by atoms with Gasteiger partial charge in [-0.3, -0.25) is 4.79 Å². The maximum atomic E-state index is 12.3. The molecule has 0 radical (unpaired) electrons. The molecule has 0 bridgehead atoms. The molecule has 0 aliphatic rings. The Balaban J connectivity index is 2.13. The van der Waals surface area contributed by atoms with Gasteiger partial charge in [-0.25, -0.2) is 4.68 Å². The van der Waals surface area contributed by atoms with Crippen LogP contribution < -0.4 is 0 Å². The monoisotopic (exact) mass is 378 g/mol. The van der Waals surface area contributed by atoms with E-state index in [4.69, 9.17) is 17.5 Å². The summed E-state index contributed by atoms with van der Waals surface area (Å²) in [5, 5.41) is 12.9. The summed E-state index contributed by atoms with van der Waals surface area (Å²) in [4.78, 5) is 13.9. The molecule has 0 saturated carbocycles. The molecule has 1 amide bonds. The molecule has 1 aromatic carbocycles. The van der Waals surface area contributed by atoms with E-state index < -0.39 is 0 Å². The zero-order valence-corrected chi connectivity index (χ0v) is 16.2. The Morgan fingerprint density at radius 1 is 1.54 bits per heavy atom. The summed E-state index contributed by atoms with van der Waals surface area (Å²) in [6, 6.07) is 9.96. The van der Waals surface area contributed by atoms with Gasteiger partial charge in [0.05, 0.1) is 23.4 Å². The van der Waals surface area contributed by atoms with E-state index in [0.29, 0.717) is 16.9 Å². The van der Waals surface area contributed by atoms with Crippen LogP contribution in [-0.2, 0) is 4.79 Å². The van der Waals surface area contributed by atoms with Gasteiger partial charge in [0.15, 0.2) is 8.29 Å². The fourth-order valence-corrected chi connectivity index (χ4v) is 4.71. The minimum absolute atomic E-state index is 0.0150. The molecular weight excluding hydrogens is 360 g/mol. The molecule has 1 aromatic heterocycles. The lowest BCUT2D eigenvalue weighted by Gasteiger charge is -2.19. The number of aryl methyl sites for hydroxylation is 1. The molecule has 0 saturated heterocycles. The number of benzene rings is 1. The van der Waals surface area contributed by atoms with Gasteiger partial charge >= 0.3 is 0 Å². The number of carbonyl (C=O) groups excluding carboxylic acids is 1. The third-order valence-electron chi connectivity index (χ3n) is 3.43. The van der Waals surface area contributed by atoms with Gasteiger partial charge in [-0.05, 0) is 37.7 Å². The normalized spacial score (nSPS) is 11.8. The second-order valence-corrected chi connectivity index (χ2v) is 8.47. The van der Waals surface area contributed by atoms with Gasteiger partial charge in [0.2, 0.25) is 5.91 Å². The molecule has 0 N–H and O–H groups in total. The first kappa shape index (κ1) is 18.6. The van der Waals surface area contributed by atoms with Crippen LogP contribution in [-0.4, -0.2) is 39.4 Å². The second kappa shape index (κ2) is 8.42. The van der Waals surface area contributed by atoms with E-state index in [1.807, 2.05) is 44.2 Å². The fraction of sp³-hybridized carbons (Fsp3) is 0.375. The van der Waals surface area contributed by atoms with E-state index in [1.165, 1.54) is 23.1 Å². The molecule has 2 aromatic rings. The maximum absolute atomic E-state index is 12.3. The van der Waals surface area contributed by atoms with Crippen LogP contribution in [0.2, 0.25) is 0 Å². The van der Waals surface area contributed by atoms with Crippen molar-refractivity contribution < 1.29 is 4.79 Å². The molecule has 1 heterocycles. The van der Waals surface area contributed by atoms with Crippen LogP contribution >= 0.6 is 35.3 Å². The highest BCUT2D eigenvalue weighted by Crippen LogP contribution is 2.29. The van der Waals surface area contributed by atoms with Gasteiger partial charge in [0, 0.05) is 13.6 Å². The van der Waals surface area contributed by atoms with Crippen molar-refractivity contribution in [2.24, 2.45) is 0 Å². The predicted octanol–water partition coefficient (Wildman–Crippen LogP) is 3.82. The Hall–Kier alpha value is -1.69. The van der Waals surface area contributed by atoms with Crippen molar-refractivity contribution in [1.29, 1.82) is 5.26 Å². The number of hydrogen-bond donors (Lipinski definition) is 0. The first-order valence-corrected chi connectivity index (χ1v) is 9.49. The molecule has 0 aliphatic carbocycles. The van der Waals surface area contributed by atoms with Crippen molar-refractivity contribution in [2.45, 2.75) is 29.9 Å². The smallest absolute Gasteiger partial charge is 0.235 e. The summed E-state index contributed by atoms with van der Waals surface area (Å²) >= 11 is 8.21. The van der Waals surface area contributed by atoms with E-state index in [2.05, 4.69) is 5.10 Å². The number of nitriles is 1. The standard InChI is InChI=1S/C16H18N4OS3/c1-11-7-4-5-8-13(11)20-16(22)24-15(18-20)23-12(2)14(21)19(3)10-6-9-17/h4-5,7-8,12H,6,10H2,1-3H3/t12-/m0/s1. The highest BCUT2D eigenvalue weighted by molar-refractivity contribution is 8.02. The zero-order chi connectivity index (χ0) is 17.7. The Bertz CT molecular complexity index is 821. The Labute approximate surface area is 154 Å². The first-order valence-electron chi connectivity index (χ1n) is 7.38. The minimum atomic E-state index is -0.278. The molecule has 0 spiro atoms. The summed E-state index contributed by atoms with van der Waals surface area (Å²) in [7, 11) is 1.71. The molecule has 8 heteroatoms. The molecule has 24 heavy (non-hydrogen) atoms. The summed E-state index contributed by atoms with van der Waals surface area (Å²) in [5.74, 6) is -0.0150. The fourth-order valence-electron chi connectivity index (χ4n) is 2.10. The lowest BCUT2D eigenvalue weighted by molar-refractivity contribution is -0.128. The Morgan fingerprint density at radius 2 is 2.25 bits per heavy atom. The van der Waals surface area contributed by atoms with Gasteiger partial charge in [0.25, 0.3) is 0 Å². The Morgan fingerprint density at radius 3 is 2.92 bits per heavy atom. The second-order valence-electron chi connectivity index (χ2n) is 5.26. The highest BCUT2D eigenvalue weighted by atomic mass is 32.2. The van der Waals surface area contributed by atoms with Gasteiger partial charge < -0.3 is 4.90 Å². The van der Waals surface area contributed by atoms with E-state index >= 15 is 0 Å². The van der Waals surface area contributed by atoms with E-state index in [1.54, 1.807) is 16.6 Å². The van der Waals surface area contributed by atoms with Crippen molar-refractivity contribution in [3.05, 3.63) is 33.8 Å². The molecule has 0 fully saturated rings. The quantitative estimate of drug-likeness (QED) is 0.565. The average molecular weight is 379 g/mol. The summed E-state index contributed by atoms with van der Waals surface area (Å²) in [6.45, 7) is 4.30. The van der Waals surface area contributed by atoms with Crippen LogP contribution in [0.5, 0.6) is 0 Å². The third-order valence-corrected chi connectivity index (χ3v) is 5.84. The molecule has 5 nitrogen and oxygen atoms in total. The lowest BCUT2D eigenvalue weighted by Crippen LogP contribution is -2.33. The topological polar surface area (TPSA) is 61.9 Å². The van der Waals surface area contributed by atoms with Crippen LogP contribution in [0.15, 0.2) is 28.6 Å². The number of rotatable bonds is 6. The summed E-state index contributed by atoms with van der Waals surface area (Å²) < 4.78 is 3.16. The van der Waals surface area contributed by atoms with Crippen molar-refractivity contribution in [3.8, 4) is 11.8 Å². The average Bonchev–Trinajstić information content (AvgIpc) is 2.92. The van der Waals surface area contributed by atoms with Crippen LogP contribution in [0, 0.1) is 22.2 Å². The molecule has 126 valence electrons. The third kappa shape index (κ3) is 4.44. The minimum Gasteiger partial charge on any atom is -0.344 e. The number of aromatic nitrogens is 2. The van der Waals surface area contributed by atoms with Crippen molar-refractivity contribution in [1.82, 2.24) is 14.7 Å². The van der Waals surface area contributed by atoms with Crippen molar-refractivity contribution in [3.63, 3.8) is 0 Å². The van der Waals surface area contributed by atoms with Crippen LogP contribution in [0.3, 0.4) is 0 Å². The molecule has 0 unspecified atom stereocenters. The lowest BCUT2D eigenvalue weighted by atomic mass is 10.2. The van der Waals surface area contributed by atoms with Gasteiger partial charge in [-0.2, -0.15) is 5.26 Å². The van der Waals surface area contributed by atoms with E-state index in [0.717, 1.165) is 15.6 Å². The largest absolute Gasteiger partial charge is 0.344 e. The van der Waals surface area contributed by atoms with E-state index in [-0.39, 0.29) is 11.2 Å². The number of carbonyl (C=O) groups is 1. The van der Waals surface area contributed by atoms with Gasteiger partial charge in [-0.1, -0.05) is 41.3 Å². The molecule has 0 aliphatic heterocycles. The first-order chi connectivity index (χ1) is 11.4. The van der Waals surface area contributed by atoms with Crippen LogP contribution in [0.4, 0.5) is 0 Å².